The summed E-state index contributed by atoms with van der Waals surface area (Å²) >= 11 is 6.05. The number of carboxylic acids is 1. The Kier molecular flexibility index (Phi) is 5.73. The number of carbonyl (C=O) groups excluding carboxylic acids is 1. The van der Waals surface area contributed by atoms with E-state index in [0.29, 0.717) is 17.9 Å². The van der Waals surface area contributed by atoms with Gasteiger partial charge in [0.2, 0.25) is 0 Å². The van der Waals surface area contributed by atoms with E-state index in [9.17, 15) is 9.59 Å². The van der Waals surface area contributed by atoms with Crippen molar-refractivity contribution < 1.29 is 24.2 Å². The fraction of sp³-hybridized carbons (Fsp3) is 0.176. The summed E-state index contributed by atoms with van der Waals surface area (Å²) in [7, 11) is 0. The van der Waals surface area contributed by atoms with Crippen LogP contribution in [-0.4, -0.2) is 30.3 Å². The maximum Gasteiger partial charge on any atom is 0.335 e. The summed E-state index contributed by atoms with van der Waals surface area (Å²) in [6, 6.07) is 10.7. The predicted octanol–water partition coefficient (Wildman–Crippen LogP) is 3.64. The van der Waals surface area contributed by atoms with Crippen molar-refractivity contribution in [3.63, 3.8) is 0 Å². The normalized spacial score (nSPS) is 10.3. The number of ketones is 1. The van der Waals surface area contributed by atoms with Crippen molar-refractivity contribution in [2.24, 2.45) is 0 Å². The highest BCUT2D eigenvalue weighted by Gasteiger charge is 2.18. The van der Waals surface area contributed by atoms with Gasteiger partial charge in [-0.3, -0.25) is 4.79 Å². The van der Waals surface area contributed by atoms with Gasteiger partial charge >= 0.3 is 5.97 Å². The van der Waals surface area contributed by atoms with Gasteiger partial charge in [-0.15, -0.1) is 0 Å². The van der Waals surface area contributed by atoms with E-state index < -0.39 is 5.97 Å². The first-order chi connectivity index (χ1) is 11.0. The van der Waals surface area contributed by atoms with E-state index in [2.05, 4.69) is 0 Å². The molecule has 0 amide bonds. The third kappa shape index (κ3) is 4.09. The first kappa shape index (κ1) is 17.0. The maximum atomic E-state index is 12.6. The summed E-state index contributed by atoms with van der Waals surface area (Å²) in [6.45, 7) is 2.37. The molecule has 6 heteroatoms. The van der Waals surface area contributed by atoms with Crippen LogP contribution in [-0.2, 0) is 4.74 Å². The first-order valence-corrected chi connectivity index (χ1v) is 7.29. The lowest BCUT2D eigenvalue weighted by atomic mass is 10.0. The molecule has 2 aromatic rings. The number of rotatable bonds is 7. The molecule has 0 saturated heterocycles. The molecule has 1 N–H and O–H groups in total. The van der Waals surface area contributed by atoms with Crippen LogP contribution >= 0.6 is 11.6 Å². The minimum absolute atomic E-state index is 0.0208. The highest BCUT2D eigenvalue weighted by molar-refractivity contribution is 6.35. The molecule has 0 radical (unpaired) electrons. The van der Waals surface area contributed by atoms with Crippen molar-refractivity contribution in [3.05, 3.63) is 64.2 Å². The standard InChI is InChI=1S/C17H15ClO5/c1-2-22-10-23-15-6-4-3-5-13(15)16(19)12-8-7-11(17(20)21)9-14(12)18/h3-9H,2,10H2,1H3,(H,20,21). The Bertz CT molecular complexity index is 727. The van der Waals surface area contributed by atoms with Gasteiger partial charge in [0, 0.05) is 12.2 Å². The molecule has 0 aliphatic heterocycles. The summed E-state index contributed by atoms with van der Waals surface area (Å²) in [5, 5.41) is 9.02. The SMILES string of the molecule is CCOCOc1ccccc1C(=O)c1ccc(C(=O)O)cc1Cl. The molecule has 0 spiro atoms. The first-order valence-electron chi connectivity index (χ1n) is 6.91. The van der Waals surface area contributed by atoms with Gasteiger partial charge in [-0.1, -0.05) is 23.7 Å². The van der Waals surface area contributed by atoms with Crippen molar-refractivity contribution in [1.82, 2.24) is 0 Å². The van der Waals surface area contributed by atoms with Crippen molar-refractivity contribution in [3.8, 4) is 5.75 Å². The molecule has 2 aromatic carbocycles. The topological polar surface area (TPSA) is 72.8 Å². The Balaban J connectivity index is 2.32. The van der Waals surface area contributed by atoms with Gasteiger partial charge in [0.05, 0.1) is 16.1 Å². The van der Waals surface area contributed by atoms with Crippen molar-refractivity contribution >= 4 is 23.4 Å². The molecular weight excluding hydrogens is 320 g/mol. The lowest BCUT2D eigenvalue weighted by Gasteiger charge is -2.11. The van der Waals surface area contributed by atoms with E-state index in [-0.39, 0.29) is 28.7 Å². The summed E-state index contributed by atoms with van der Waals surface area (Å²) < 4.78 is 10.6. The highest BCUT2D eigenvalue weighted by atomic mass is 35.5. The zero-order chi connectivity index (χ0) is 16.8. The number of halogens is 1. The number of hydrogen-bond donors (Lipinski definition) is 1. The number of benzene rings is 2. The van der Waals surface area contributed by atoms with Crippen LogP contribution in [0.3, 0.4) is 0 Å². The zero-order valence-electron chi connectivity index (χ0n) is 12.4. The number of aromatic carboxylic acids is 1. The molecule has 0 heterocycles. The Morgan fingerprint density at radius 3 is 2.52 bits per heavy atom. The second-order valence-corrected chi connectivity index (χ2v) is 4.99. The molecular formula is C17H15ClO5. The van der Waals surface area contributed by atoms with Crippen molar-refractivity contribution in [2.75, 3.05) is 13.4 Å². The Morgan fingerprint density at radius 2 is 1.87 bits per heavy atom. The Morgan fingerprint density at radius 1 is 1.13 bits per heavy atom. The van der Waals surface area contributed by atoms with Gasteiger partial charge in [-0.05, 0) is 37.3 Å². The summed E-state index contributed by atoms with van der Waals surface area (Å²) in [4.78, 5) is 23.6. The van der Waals surface area contributed by atoms with Crippen LogP contribution < -0.4 is 4.74 Å². The van der Waals surface area contributed by atoms with Gasteiger partial charge < -0.3 is 14.6 Å². The number of ether oxygens (including phenoxy) is 2. The van der Waals surface area contributed by atoms with Crippen LogP contribution in [0.25, 0.3) is 0 Å². The molecule has 120 valence electrons. The van der Waals surface area contributed by atoms with E-state index in [4.69, 9.17) is 26.2 Å². The number of carboxylic acid groups (broad SMARTS) is 1. The Labute approximate surface area is 138 Å². The average Bonchev–Trinajstić information content (AvgIpc) is 2.55. The van der Waals surface area contributed by atoms with Crippen LogP contribution in [0.15, 0.2) is 42.5 Å². The number of carbonyl (C=O) groups is 2. The summed E-state index contributed by atoms with van der Waals surface area (Å²) in [6.07, 6.45) is 0. The fourth-order valence-corrected chi connectivity index (χ4v) is 2.21. The van der Waals surface area contributed by atoms with Crippen LogP contribution in [0, 0.1) is 0 Å². The van der Waals surface area contributed by atoms with Crippen molar-refractivity contribution in [2.45, 2.75) is 6.92 Å². The average molecular weight is 335 g/mol. The fourth-order valence-electron chi connectivity index (χ4n) is 1.95. The monoisotopic (exact) mass is 334 g/mol. The predicted molar refractivity (Wildman–Crippen MR) is 85.4 cm³/mol. The summed E-state index contributed by atoms with van der Waals surface area (Å²) in [5.74, 6) is -1.07. The molecule has 0 aliphatic rings. The molecule has 0 unspecified atom stereocenters. The van der Waals surface area contributed by atoms with E-state index in [1.54, 1.807) is 24.3 Å². The van der Waals surface area contributed by atoms with Crippen LogP contribution in [0.4, 0.5) is 0 Å². The largest absolute Gasteiger partial charge is 0.478 e. The molecule has 0 fully saturated rings. The van der Waals surface area contributed by atoms with Gasteiger partial charge in [-0.25, -0.2) is 4.79 Å². The lowest BCUT2D eigenvalue weighted by molar-refractivity contribution is 0.0220. The third-order valence-corrected chi connectivity index (χ3v) is 3.41. The van der Waals surface area contributed by atoms with Crippen LogP contribution in [0.5, 0.6) is 5.75 Å². The third-order valence-electron chi connectivity index (χ3n) is 3.09. The molecule has 0 saturated carbocycles. The van der Waals surface area contributed by atoms with E-state index in [1.807, 2.05) is 6.92 Å². The number of para-hydroxylation sites is 1. The molecule has 0 atom stereocenters. The van der Waals surface area contributed by atoms with Gasteiger partial charge in [0.1, 0.15) is 5.75 Å². The van der Waals surface area contributed by atoms with Gasteiger partial charge in [-0.2, -0.15) is 0 Å². The number of hydrogen-bond acceptors (Lipinski definition) is 4. The molecule has 23 heavy (non-hydrogen) atoms. The molecule has 2 rings (SSSR count). The van der Waals surface area contributed by atoms with E-state index in [0.717, 1.165) is 0 Å². The van der Waals surface area contributed by atoms with E-state index >= 15 is 0 Å². The summed E-state index contributed by atoms with van der Waals surface area (Å²) in [5.41, 5.74) is 0.564. The zero-order valence-corrected chi connectivity index (χ0v) is 13.2. The van der Waals surface area contributed by atoms with Crippen LogP contribution in [0.2, 0.25) is 5.02 Å². The molecule has 0 aromatic heterocycles. The minimum Gasteiger partial charge on any atom is -0.478 e. The lowest BCUT2D eigenvalue weighted by Crippen LogP contribution is -2.09. The molecule has 5 nitrogen and oxygen atoms in total. The second kappa shape index (κ2) is 7.76. The van der Waals surface area contributed by atoms with Crippen molar-refractivity contribution in [1.29, 1.82) is 0 Å². The van der Waals surface area contributed by atoms with Crippen LogP contribution in [0.1, 0.15) is 33.2 Å². The Hall–Kier alpha value is -2.37. The smallest absolute Gasteiger partial charge is 0.335 e. The maximum absolute atomic E-state index is 12.6. The highest BCUT2D eigenvalue weighted by Crippen LogP contribution is 2.26. The quantitative estimate of drug-likeness (QED) is 0.475. The molecule has 0 bridgehead atoms. The molecule has 0 aliphatic carbocycles. The second-order valence-electron chi connectivity index (χ2n) is 4.58. The van der Waals surface area contributed by atoms with E-state index in [1.165, 1.54) is 18.2 Å². The minimum atomic E-state index is -1.11. The van der Waals surface area contributed by atoms with Gasteiger partial charge in [0.15, 0.2) is 12.6 Å². The van der Waals surface area contributed by atoms with Gasteiger partial charge in [0.25, 0.3) is 0 Å².